The third-order valence-electron chi connectivity index (χ3n) is 0.856. The van der Waals surface area contributed by atoms with Crippen molar-refractivity contribution in [2.24, 2.45) is 0 Å². The molecule has 1 unspecified atom stereocenters. The predicted octanol–water partition coefficient (Wildman–Crippen LogP) is 1.87. The summed E-state index contributed by atoms with van der Waals surface area (Å²) in [4.78, 5) is 10.6. The average molecular weight is 164 g/mol. The van der Waals surface area contributed by atoms with Crippen LogP contribution in [0.3, 0.4) is 0 Å². The number of carbonyl (C=O) groups is 1. The van der Waals surface area contributed by atoms with E-state index in [0.717, 1.165) is 0 Å². The highest BCUT2D eigenvalue weighted by atomic mass is 32.2. The van der Waals surface area contributed by atoms with Crippen LogP contribution in [-0.2, 0) is 9.47 Å². The second kappa shape index (κ2) is 5.41. The molecule has 1 atom stereocenters. The Morgan fingerprint density at radius 1 is 1.70 bits per heavy atom. The summed E-state index contributed by atoms with van der Waals surface area (Å²) in [5.74, 6) is 0. The van der Waals surface area contributed by atoms with Gasteiger partial charge in [0.05, 0.1) is 6.61 Å². The molecule has 0 rings (SSSR count). The summed E-state index contributed by atoms with van der Waals surface area (Å²) in [6.07, 6.45) is 1.27. The summed E-state index contributed by atoms with van der Waals surface area (Å²) in [5.41, 5.74) is -0.126. The molecule has 10 heavy (non-hydrogen) atoms. The molecule has 0 bridgehead atoms. The molecule has 3 nitrogen and oxygen atoms in total. The second-order valence-corrected chi connectivity index (χ2v) is 2.74. The van der Waals surface area contributed by atoms with E-state index in [1.54, 1.807) is 13.8 Å². The van der Waals surface area contributed by atoms with Crippen LogP contribution < -0.4 is 0 Å². The van der Waals surface area contributed by atoms with E-state index in [-0.39, 0.29) is 5.44 Å². The van der Waals surface area contributed by atoms with E-state index in [9.17, 15) is 4.79 Å². The number of thioether (sulfide) groups is 1. The molecular weight excluding hydrogens is 152 g/mol. The predicted molar refractivity (Wildman–Crippen MR) is 41.1 cm³/mol. The highest BCUT2D eigenvalue weighted by Crippen LogP contribution is 2.06. The third-order valence-corrected chi connectivity index (χ3v) is 1.62. The van der Waals surface area contributed by atoms with Crippen molar-refractivity contribution >= 4 is 17.9 Å². The zero-order chi connectivity index (χ0) is 7.98. The number of hydrogen-bond acceptors (Lipinski definition) is 4. The fraction of sp³-hybridized carbons (Fsp3) is 0.833. The van der Waals surface area contributed by atoms with E-state index in [1.165, 1.54) is 11.8 Å². The van der Waals surface area contributed by atoms with Gasteiger partial charge in [0.15, 0.2) is 0 Å². The molecule has 4 heteroatoms. The lowest BCUT2D eigenvalue weighted by atomic mass is 10.8. The fourth-order valence-corrected chi connectivity index (χ4v) is 0.510. The zero-order valence-electron chi connectivity index (χ0n) is 6.42. The largest absolute Gasteiger partial charge is 0.509 e. The molecule has 60 valence electrons. The zero-order valence-corrected chi connectivity index (χ0v) is 7.23. The maximum atomic E-state index is 10.6. The molecule has 0 amide bonds. The van der Waals surface area contributed by atoms with Crippen LogP contribution in [0.5, 0.6) is 0 Å². The molecule has 0 aliphatic rings. The highest BCUT2D eigenvalue weighted by Gasteiger charge is 2.06. The molecule has 0 saturated heterocycles. The van der Waals surface area contributed by atoms with Crippen molar-refractivity contribution in [3.8, 4) is 0 Å². The van der Waals surface area contributed by atoms with Gasteiger partial charge in [0, 0.05) is 0 Å². The van der Waals surface area contributed by atoms with Crippen LogP contribution in [0.25, 0.3) is 0 Å². The molecule has 0 aromatic rings. The number of carbonyl (C=O) groups excluding carboxylic acids is 1. The van der Waals surface area contributed by atoms with Gasteiger partial charge in [-0.25, -0.2) is 4.79 Å². The normalized spacial score (nSPS) is 12.3. The van der Waals surface area contributed by atoms with Gasteiger partial charge in [0.1, 0.15) is 5.44 Å². The van der Waals surface area contributed by atoms with E-state index in [1.807, 2.05) is 6.26 Å². The van der Waals surface area contributed by atoms with Crippen LogP contribution >= 0.6 is 11.8 Å². The van der Waals surface area contributed by atoms with Crippen LogP contribution in [0, 0.1) is 0 Å². The maximum absolute atomic E-state index is 10.6. The first-order valence-electron chi connectivity index (χ1n) is 3.07. The molecule has 0 aliphatic carbocycles. The first kappa shape index (κ1) is 9.62. The molecule has 0 radical (unpaired) electrons. The Labute approximate surface area is 65.1 Å². The van der Waals surface area contributed by atoms with Crippen molar-refractivity contribution in [3.63, 3.8) is 0 Å². The Morgan fingerprint density at radius 3 is 2.70 bits per heavy atom. The monoisotopic (exact) mass is 164 g/mol. The minimum Gasteiger partial charge on any atom is -0.435 e. The van der Waals surface area contributed by atoms with Gasteiger partial charge in [0.25, 0.3) is 0 Å². The van der Waals surface area contributed by atoms with Crippen LogP contribution in [0.4, 0.5) is 4.79 Å². The lowest BCUT2D eigenvalue weighted by molar-refractivity contribution is 0.0552. The van der Waals surface area contributed by atoms with Gasteiger partial charge >= 0.3 is 6.16 Å². The van der Waals surface area contributed by atoms with Gasteiger partial charge in [-0.3, -0.25) is 0 Å². The summed E-state index contributed by atoms with van der Waals surface area (Å²) in [7, 11) is 0. The van der Waals surface area contributed by atoms with Crippen molar-refractivity contribution in [2.75, 3.05) is 12.9 Å². The van der Waals surface area contributed by atoms with Gasteiger partial charge in [-0.05, 0) is 20.1 Å². The van der Waals surface area contributed by atoms with E-state index >= 15 is 0 Å². The fourth-order valence-electron chi connectivity index (χ4n) is 0.335. The van der Waals surface area contributed by atoms with Crippen LogP contribution in [-0.4, -0.2) is 24.5 Å². The van der Waals surface area contributed by atoms with E-state index in [2.05, 4.69) is 4.74 Å². The number of ether oxygens (including phenoxy) is 2. The van der Waals surface area contributed by atoms with Crippen molar-refractivity contribution < 1.29 is 14.3 Å². The van der Waals surface area contributed by atoms with Crippen molar-refractivity contribution in [2.45, 2.75) is 19.3 Å². The Hall–Kier alpha value is -0.380. The van der Waals surface area contributed by atoms with Crippen LogP contribution in [0.15, 0.2) is 0 Å². The van der Waals surface area contributed by atoms with E-state index in [4.69, 9.17) is 4.74 Å². The highest BCUT2D eigenvalue weighted by molar-refractivity contribution is 7.99. The van der Waals surface area contributed by atoms with Gasteiger partial charge in [-0.15, -0.1) is 11.8 Å². The molecule has 0 saturated carbocycles. The summed E-state index contributed by atoms with van der Waals surface area (Å²) in [6.45, 7) is 3.90. The molecule has 0 heterocycles. The Kier molecular flexibility index (Phi) is 5.20. The molecular formula is C6H12O3S. The quantitative estimate of drug-likeness (QED) is 0.471. The smallest absolute Gasteiger partial charge is 0.435 e. The van der Waals surface area contributed by atoms with Crippen molar-refractivity contribution in [1.82, 2.24) is 0 Å². The lowest BCUT2D eigenvalue weighted by Crippen LogP contribution is -2.12. The van der Waals surface area contributed by atoms with E-state index < -0.39 is 6.16 Å². The standard InChI is InChI=1S/C6H12O3S/c1-4-8-6(7)9-5(2)10-3/h5H,4H2,1-3H3. The Morgan fingerprint density at radius 2 is 2.30 bits per heavy atom. The minimum atomic E-state index is -0.593. The number of rotatable bonds is 3. The van der Waals surface area contributed by atoms with Crippen LogP contribution in [0.2, 0.25) is 0 Å². The molecule has 0 aliphatic heterocycles. The molecule has 0 aromatic carbocycles. The third kappa shape index (κ3) is 4.49. The summed E-state index contributed by atoms with van der Waals surface area (Å²) >= 11 is 1.46. The number of hydrogen-bond donors (Lipinski definition) is 0. The molecule has 0 aromatic heterocycles. The molecule has 0 N–H and O–H groups in total. The topological polar surface area (TPSA) is 35.5 Å². The second-order valence-electron chi connectivity index (χ2n) is 1.60. The molecule has 0 fully saturated rings. The summed E-state index contributed by atoms with van der Waals surface area (Å²) < 4.78 is 9.28. The Bertz CT molecular complexity index is 105. The first-order valence-corrected chi connectivity index (χ1v) is 4.35. The Balaban J connectivity index is 3.37. The molecule has 0 spiro atoms. The minimum absolute atomic E-state index is 0.126. The first-order chi connectivity index (χ1) is 4.70. The maximum Gasteiger partial charge on any atom is 0.509 e. The SMILES string of the molecule is CCOC(=O)OC(C)SC. The van der Waals surface area contributed by atoms with Gasteiger partial charge < -0.3 is 9.47 Å². The van der Waals surface area contributed by atoms with Gasteiger partial charge in [0.2, 0.25) is 0 Å². The van der Waals surface area contributed by atoms with Gasteiger partial charge in [-0.1, -0.05) is 0 Å². The summed E-state index contributed by atoms with van der Waals surface area (Å²) in [6, 6.07) is 0. The van der Waals surface area contributed by atoms with E-state index in [0.29, 0.717) is 6.61 Å². The average Bonchev–Trinajstić information content (AvgIpc) is 1.88. The lowest BCUT2D eigenvalue weighted by Gasteiger charge is -2.08. The summed E-state index contributed by atoms with van der Waals surface area (Å²) in [5, 5.41) is 0. The van der Waals surface area contributed by atoms with Crippen molar-refractivity contribution in [1.29, 1.82) is 0 Å². The van der Waals surface area contributed by atoms with Crippen LogP contribution in [0.1, 0.15) is 13.8 Å². The van der Waals surface area contributed by atoms with Crippen molar-refractivity contribution in [3.05, 3.63) is 0 Å². The van der Waals surface area contributed by atoms with Gasteiger partial charge in [-0.2, -0.15) is 0 Å².